The highest BCUT2D eigenvalue weighted by Gasteiger charge is 2.44. The summed E-state index contributed by atoms with van der Waals surface area (Å²) in [6.07, 6.45) is 3.40. The van der Waals surface area contributed by atoms with E-state index < -0.39 is 5.97 Å². The van der Waals surface area contributed by atoms with E-state index in [1.165, 1.54) is 25.0 Å². The molecule has 1 atom stereocenters. The first-order valence-electron chi connectivity index (χ1n) is 6.69. The van der Waals surface area contributed by atoms with Gasteiger partial charge >= 0.3 is 5.97 Å². The zero-order chi connectivity index (χ0) is 14.9. The number of hydrogen-bond acceptors (Lipinski definition) is 2. The molecular formula is C15H17Cl3O2. The minimum Gasteiger partial charge on any atom is -0.462 e. The molecule has 1 fully saturated rings. The monoisotopic (exact) mass is 334 g/mol. The molecule has 0 aliphatic heterocycles. The van der Waals surface area contributed by atoms with E-state index in [0.717, 1.165) is 6.42 Å². The summed E-state index contributed by atoms with van der Waals surface area (Å²) in [7, 11) is 0. The Labute approximate surface area is 134 Å². The quantitative estimate of drug-likeness (QED) is 0.515. The number of ether oxygens (including phenoxy) is 1. The van der Waals surface area contributed by atoms with Crippen LogP contribution in [0.15, 0.2) is 12.1 Å². The summed E-state index contributed by atoms with van der Waals surface area (Å²) in [5, 5.41) is 0.812. The molecule has 0 spiro atoms. The second-order valence-corrected chi connectivity index (χ2v) is 6.83. The molecule has 1 aliphatic rings. The van der Waals surface area contributed by atoms with Crippen molar-refractivity contribution in [3.05, 3.63) is 32.8 Å². The van der Waals surface area contributed by atoms with Gasteiger partial charge in [-0.2, -0.15) is 0 Å². The van der Waals surface area contributed by atoms with E-state index in [1.54, 1.807) is 0 Å². The lowest BCUT2D eigenvalue weighted by Gasteiger charge is -2.21. The molecule has 20 heavy (non-hydrogen) atoms. The Balaban J connectivity index is 2.05. The van der Waals surface area contributed by atoms with Crippen LogP contribution >= 0.6 is 34.8 Å². The lowest BCUT2D eigenvalue weighted by atomic mass is 9.89. The van der Waals surface area contributed by atoms with Crippen LogP contribution in [0.1, 0.15) is 43.5 Å². The van der Waals surface area contributed by atoms with E-state index in [4.69, 9.17) is 39.5 Å². The number of benzene rings is 1. The zero-order valence-electron chi connectivity index (χ0n) is 11.5. The highest BCUT2D eigenvalue weighted by atomic mass is 35.5. The maximum atomic E-state index is 12.1. The van der Waals surface area contributed by atoms with Gasteiger partial charge in [0.05, 0.1) is 22.2 Å². The minimum atomic E-state index is -0.470. The van der Waals surface area contributed by atoms with Gasteiger partial charge in [-0.05, 0) is 42.7 Å². The summed E-state index contributed by atoms with van der Waals surface area (Å²) >= 11 is 17.8. The molecule has 1 saturated carbocycles. The average molecular weight is 336 g/mol. The molecule has 1 aromatic rings. The largest absolute Gasteiger partial charge is 0.462 e. The highest BCUT2D eigenvalue weighted by molar-refractivity contribution is 6.45. The third kappa shape index (κ3) is 3.41. The third-order valence-electron chi connectivity index (χ3n) is 4.15. The van der Waals surface area contributed by atoms with Crippen molar-refractivity contribution >= 4 is 40.8 Å². The molecule has 5 heteroatoms. The molecule has 0 heterocycles. The normalized spacial score (nSPS) is 17.6. The van der Waals surface area contributed by atoms with Crippen molar-refractivity contribution in [1.82, 2.24) is 0 Å². The summed E-state index contributed by atoms with van der Waals surface area (Å²) in [5.41, 5.74) is 0.546. The van der Waals surface area contributed by atoms with E-state index >= 15 is 0 Å². The van der Waals surface area contributed by atoms with Gasteiger partial charge in [-0.25, -0.2) is 4.79 Å². The smallest absolute Gasteiger partial charge is 0.339 e. The maximum Gasteiger partial charge on any atom is 0.339 e. The lowest BCUT2D eigenvalue weighted by molar-refractivity contribution is 0.0378. The van der Waals surface area contributed by atoms with Gasteiger partial charge in [0, 0.05) is 5.02 Å². The number of esters is 1. The van der Waals surface area contributed by atoms with Gasteiger partial charge in [0.2, 0.25) is 0 Å². The summed E-state index contributed by atoms with van der Waals surface area (Å²) in [4.78, 5) is 12.1. The Morgan fingerprint density at radius 3 is 2.55 bits per heavy atom. The fraction of sp³-hybridized carbons (Fsp3) is 0.533. The average Bonchev–Trinajstić information content (AvgIpc) is 3.13. The minimum absolute atomic E-state index is 0.187. The van der Waals surface area contributed by atoms with Crippen molar-refractivity contribution in [3.8, 4) is 0 Å². The fourth-order valence-corrected chi connectivity index (χ4v) is 3.06. The standard InChI is InChI=1S/C15H17Cl3O2/c1-3-9(15(2)4-5-15)8-20-14(19)11-6-10(16)7-12(17)13(11)18/h6-7,9H,3-5,8H2,1-2H3. The molecule has 0 aromatic heterocycles. The Morgan fingerprint density at radius 1 is 1.35 bits per heavy atom. The number of carbonyl (C=O) groups is 1. The first kappa shape index (κ1) is 15.9. The lowest BCUT2D eigenvalue weighted by Crippen LogP contribution is -2.21. The van der Waals surface area contributed by atoms with Crippen LogP contribution in [-0.2, 0) is 4.74 Å². The van der Waals surface area contributed by atoms with E-state index in [1.807, 2.05) is 0 Å². The van der Waals surface area contributed by atoms with Gasteiger partial charge < -0.3 is 4.74 Å². The van der Waals surface area contributed by atoms with Crippen molar-refractivity contribution < 1.29 is 9.53 Å². The fourth-order valence-electron chi connectivity index (χ4n) is 2.38. The second kappa shape index (κ2) is 6.13. The molecule has 1 aliphatic carbocycles. The molecule has 1 aromatic carbocycles. The predicted molar refractivity (Wildman–Crippen MR) is 82.9 cm³/mol. The van der Waals surface area contributed by atoms with Gasteiger partial charge in [0.1, 0.15) is 0 Å². The van der Waals surface area contributed by atoms with Gasteiger partial charge in [-0.15, -0.1) is 0 Å². The van der Waals surface area contributed by atoms with Crippen molar-refractivity contribution in [3.63, 3.8) is 0 Å². The Bertz CT molecular complexity index is 524. The molecule has 1 unspecified atom stereocenters. The molecule has 0 saturated heterocycles. The summed E-state index contributed by atoms with van der Waals surface area (Å²) in [5.74, 6) is -0.0815. The van der Waals surface area contributed by atoms with Crippen LogP contribution < -0.4 is 0 Å². The third-order valence-corrected chi connectivity index (χ3v) is 5.17. The van der Waals surface area contributed by atoms with Gasteiger partial charge in [0.15, 0.2) is 0 Å². The van der Waals surface area contributed by atoms with Crippen molar-refractivity contribution in [1.29, 1.82) is 0 Å². The van der Waals surface area contributed by atoms with Gasteiger partial charge in [0.25, 0.3) is 0 Å². The SMILES string of the molecule is CCC(COC(=O)c1cc(Cl)cc(Cl)c1Cl)C1(C)CC1. The topological polar surface area (TPSA) is 26.3 Å². The van der Waals surface area contributed by atoms with Crippen molar-refractivity contribution in [2.75, 3.05) is 6.61 Å². The van der Waals surface area contributed by atoms with Crippen LogP contribution in [0.4, 0.5) is 0 Å². The molecule has 0 N–H and O–H groups in total. The Morgan fingerprint density at radius 2 is 2.00 bits per heavy atom. The van der Waals surface area contributed by atoms with Crippen LogP contribution in [0.3, 0.4) is 0 Å². The van der Waals surface area contributed by atoms with Crippen molar-refractivity contribution in [2.45, 2.75) is 33.1 Å². The molecule has 2 nitrogen and oxygen atoms in total. The molecular weight excluding hydrogens is 319 g/mol. The van der Waals surface area contributed by atoms with Crippen LogP contribution in [0.5, 0.6) is 0 Å². The second-order valence-electron chi connectivity index (χ2n) is 5.61. The zero-order valence-corrected chi connectivity index (χ0v) is 13.8. The summed E-state index contributed by atoms with van der Waals surface area (Å²) in [6, 6.07) is 2.99. The maximum absolute atomic E-state index is 12.1. The number of carbonyl (C=O) groups excluding carboxylic acids is 1. The molecule has 110 valence electrons. The van der Waals surface area contributed by atoms with Gasteiger partial charge in [-0.3, -0.25) is 0 Å². The van der Waals surface area contributed by atoms with Crippen LogP contribution in [0, 0.1) is 11.3 Å². The van der Waals surface area contributed by atoms with Crippen LogP contribution in [0.2, 0.25) is 15.1 Å². The number of hydrogen-bond donors (Lipinski definition) is 0. The number of rotatable bonds is 5. The molecule has 0 bridgehead atoms. The van der Waals surface area contributed by atoms with E-state index in [9.17, 15) is 4.79 Å². The van der Waals surface area contributed by atoms with Crippen LogP contribution in [0.25, 0.3) is 0 Å². The highest BCUT2D eigenvalue weighted by Crippen LogP contribution is 2.52. The molecule has 0 radical (unpaired) electrons. The first-order chi connectivity index (χ1) is 9.37. The summed E-state index contributed by atoms with van der Waals surface area (Å²) in [6.45, 7) is 4.76. The predicted octanol–water partition coefficient (Wildman–Crippen LogP) is 5.63. The Hall–Kier alpha value is -0.440. The number of halogens is 3. The summed E-state index contributed by atoms with van der Waals surface area (Å²) < 4.78 is 5.40. The van der Waals surface area contributed by atoms with Gasteiger partial charge in [-0.1, -0.05) is 48.7 Å². The van der Waals surface area contributed by atoms with E-state index in [-0.39, 0.29) is 15.6 Å². The molecule has 0 amide bonds. The van der Waals surface area contributed by atoms with E-state index in [2.05, 4.69) is 13.8 Å². The molecule has 2 rings (SSSR count). The first-order valence-corrected chi connectivity index (χ1v) is 7.82. The van der Waals surface area contributed by atoms with Crippen molar-refractivity contribution in [2.24, 2.45) is 11.3 Å². The Kier molecular flexibility index (Phi) is 4.88. The van der Waals surface area contributed by atoms with Crippen LogP contribution in [-0.4, -0.2) is 12.6 Å². The van der Waals surface area contributed by atoms with E-state index in [0.29, 0.717) is 23.0 Å².